The van der Waals surface area contributed by atoms with E-state index in [4.69, 9.17) is 0 Å². The van der Waals surface area contributed by atoms with Gasteiger partial charge in [-0.15, -0.1) is 0 Å². The van der Waals surface area contributed by atoms with Crippen molar-refractivity contribution >= 4 is 13.0 Å². The van der Waals surface area contributed by atoms with Gasteiger partial charge in [-0.25, -0.2) is 0 Å². The zero-order chi connectivity index (χ0) is 2.00. The Kier molecular flexibility index (Phi) is 1140. The third-order valence-electron chi connectivity index (χ3n) is 0. The van der Waals surface area contributed by atoms with Gasteiger partial charge in [-0.05, 0) is 0 Å². The minimum atomic E-state index is 0. The van der Waals surface area contributed by atoms with Crippen molar-refractivity contribution in [2.75, 3.05) is 0 Å². The summed E-state index contributed by atoms with van der Waals surface area (Å²) in [7, 11) is 0. The van der Waals surface area contributed by atoms with E-state index in [0.717, 1.165) is 0 Å². The molecule has 0 saturated carbocycles. The molecule has 6 heavy (non-hydrogen) atoms. The van der Waals surface area contributed by atoms with Gasteiger partial charge in [0, 0.05) is 0 Å². The Bertz CT molecular complexity index is 10.8. The molecule has 50 valence electrons. The van der Waals surface area contributed by atoms with Crippen LogP contribution in [0.25, 0.3) is 0 Å². The molecule has 0 bridgehead atoms. The van der Waals surface area contributed by atoms with Gasteiger partial charge in [-0.2, -0.15) is 0 Å². The molecule has 0 spiro atoms. The molecule has 0 amide bonds. The van der Waals surface area contributed by atoms with Gasteiger partial charge < -0.3 is 28.4 Å². The Morgan fingerprint density at radius 3 is 0.833 bits per heavy atom. The maximum absolute atomic E-state index is 2.76. The summed E-state index contributed by atoms with van der Waals surface area (Å²) in [5.74, 6) is 0. The van der Waals surface area contributed by atoms with Crippen molar-refractivity contribution < 1.29 is 18.9 Å². The Morgan fingerprint density at radius 1 is 0.833 bits per heavy atom. The number of rotatable bonds is 0. The fourth-order valence-electron chi connectivity index (χ4n) is 0. The summed E-state index contributed by atoms with van der Waals surface area (Å²) >= 11 is 5.51. The van der Waals surface area contributed by atoms with Crippen molar-refractivity contribution in [2.24, 2.45) is 0 Å². The van der Waals surface area contributed by atoms with Gasteiger partial charge in [-0.1, -0.05) is 0 Å². The van der Waals surface area contributed by atoms with E-state index < -0.39 is 0 Å². The normalized spacial score (nSPS) is 1.17. The monoisotopic (exact) mass is 248 g/mol. The third kappa shape index (κ3) is 65.0. The van der Waals surface area contributed by atoms with Gasteiger partial charge in [-0.3, -0.25) is 0 Å². The first-order chi connectivity index (χ1) is 1.00. The maximum Gasteiger partial charge on any atom is -0.358 e. The fraction of sp³-hybridized carbons (Fsp3) is 0. The molecule has 0 saturated heterocycles. The molecule has 0 aromatic rings. The molecular weight excluding hydrogens is 238 g/mol. The number of hydrogen-bond acceptors (Lipinski definition) is 1. The summed E-state index contributed by atoms with van der Waals surface area (Å²) in [5.41, 5.74) is 0. The first-order valence-corrected chi connectivity index (χ1v) is 3.50. The van der Waals surface area contributed by atoms with Crippen LogP contribution in [0.15, 0.2) is 0 Å². The van der Waals surface area contributed by atoms with E-state index in [9.17, 15) is 0 Å². The van der Waals surface area contributed by atoms with Crippen LogP contribution in [-0.2, 0) is 18.9 Å². The number of hydrogen-bond donors (Lipinski definition) is 1. The molecule has 0 rings (SSSR count). The van der Waals surface area contributed by atoms with Crippen LogP contribution in [0.5, 0.6) is 0 Å². The molecule has 0 aromatic heterocycles. The second-order valence-corrected chi connectivity index (χ2v) is 0. The van der Waals surface area contributed by atoms with Crippen LogP contribution in [0.3, 0.4) is 0 Å². The zero-order valence-corrected chi connectivity index (χ0v) is 7.45. The Morgan fingerprint density at radius 2 is 0.833 bits per heavy atom. The zero-order valence-electron chi connectivity index (χ0n) is 4.39. The molecule has 0 radical (unpaired) electrons. The van der Waals surface area contributed by atoms with Crippen molar-refractivity contribution in [3.63, 3.8) is 0 Å². The van der Waals surface area contributed by atoms with Crippen molar-refractivity contribution in [2.45, 2.75) is 0 Å². The standard InChI is InChI=1S/3CH3.Ag.BrH.H3N/h3*1H3;;1H;1H3/q3*-1;+1;;/p-1. The Balaban J connectivity index is -0.000000000833. The van der Waals surface area contributed by atoms with Crippen molar-refractivity contribution in [1.29, 1.82) is 0 Å². The van der Waals surface area contributed by atoms with Gasteiger partial charge >= 0.3 is 32.0 Å². The first-order valence-electron chi connectivity index (χ1n) is 0.114. The molecule has 0 unspecified atom stereocenters. The molecule has 0 aliphatic rings. The van der Waals surface area contributed by atoms with Crippen LogP contribution in [0.4, 0.5) is 0 Å². The summed E-state index contributed by atoms with van der Waals surface area (Å²) in [4.78, 5) is 0. The van der Waals surface area contributed by atoms with Gasteiger partial charge in [0.2, 0.25) is 0 Å². The van der Waals surface area contributed by atoms with Crippen LogP contribution < -0.4 is 6.15 Å². The molecule has 0 fully saturated rings. The molecule has 0 heterocycles. The maximum atomic E-state index is 2.76. The fourth-order valence-corrected chi connectivity index (χ4v) is 0. The molecule has 0 aliphatic carbocycles. The largest absolute Gasteiger partial charge is 0.358 e. The molecular formula is C3H12AgBrN-3. The second-order valence-electron chi connectivity index (χ2n) is 0. The first kappa shape index (κ1) is 57.7. The molecule has 1 nitrogen and oxygen atoms in total. The third-order valence-corrected chi connectivity index (χ3v) is 0. The van der Waals surface area contributed by atoms with E-state index in [2.05, 4.69) is 32.0 Å². The minimum absolute atomic E-state index is 0. The Labute approximate surface area is 60.4 Å². The van der Waals surface area contributed by atoms with Gasteiger partial charge in [0.15, 0.2) is 0 Å². The predicted molar refractivity (Wildman–Crippen MR) is 33.2 cm³/mol. The van der Waals surface area contributed by atoms with E-state index in [1.165, 1.54) is 0 Å². The quantitative estimate of drug-likeness (QED) is 0.519. The van der Waals surface area contributed by atoms with Gasteiger partial charge in [0.05, 0.1) is 0 Å². The van der Waals surface area contributed by atoms with E-state index in [1.807, 2.05) is 0 Å². The summed E-state index contributed by atoms with van der Waals surface area (Å²) in [6.45, 7) is 0. The average Bonchev–Trinajstić information content (AvgIpc) is 1.00. The number of halogens is 1. The van der Waals surface area contributed by atoms with E-state index in [-0.39, 0.29) is 28.4 Å². The predicted octanol–water partition coefficient (Wildman–Crippen LogP) is 2.36. The second kappa shape index (κ2) is 119. The van der Waals surface area contributed by atoms with Gasteiger partial charge in [0.1, 0.15) is 0 Å². The van der Waals surface area contributed by atoms with Crippen LogP contribution >= 0.6 is 13.0 Å². The molecule has 0 aromatic carbocycles. The molecule has 0 atom stereocenters. The summed E-state index contributed by atoms with van der Waals surface area (Å²) < 4.78 is 0. The topological polar surface area (TPSA) is 35.0 Å². The van der Waals surface area contributed by atoms with E-state index in [0.29, 0.717) is 0 Å². The van der Waals surface area contributed by atoms with Crippen molar-refractivity contribution in [3.8, 4) is 0 Å². The van der Waals surface area contributed by atoms with Gasteiger partial charge in [0.25, 0.3) is 0 Å². The van der Waals surface area contributed by atoms with E-state index in [1.54, 1.807) is 0 Å². The molecule has 3 heteroatoms. The summed E-state index contributed by atoms with van der Waals surface area (Å²) in [5, 5.41) is 0. The average molecular weight is 250 g/mol. The Hall–Kier alpha value is 1.18. The van der Waals surface area contributed by atoms with E-state index >= 15 is 0 Å². The van der Waals surface area contributed by atoms with Crippen LogP contribution in [0, 0.1) is 22.3 Å². The summed E-state index contributed by atoms with van der Waals surface area (Å²) in [6.07, 6.45) is 0. The summed E-state index contributed by atoms with van der Waals surface area (Å²) in [6, 6.07) is 0. The molecule has 3 N–H and O–H groups in total. The smallest absolute Gasteiger partial charge is 0.358 e. The van der Waals surface area contributed by atoms with Crippen molar-refractivity contribution in [1.82, 2.24) is 6.15 Å². The van der Waals surface area contributed by atoms with Crippen molar-refractivity contribution in [3.05, 3.63) is 22.3 Å². The van der Waals surface area contributed by atoms with Crippen LogP contribution in [0.1, 0.15) is 0 Å². The molecule has 0 aliphatic heterocycles. The minimum Gasteiger partial charge on any atom is -0.358 e. The SMILES string of the molecule is N.[Br][Ag].[CH3-].[CH3-].[CH3-]. The van der Waals surface area contributed by atoms with Crippen LogP contribution in [0.2, 0.25) is 0 Å². The van der Waals surface area contributed by atoms with Crippen LogP contribution in [-0.4, -0.2) is 0 Å².